The van der Waals surface area contributed by atoms with Gasteiger partial charge in [-0.3, -0.25) is 4.79 Å². The van der Waals surface area contributed by atoms with Gasteiger partial charge in [-0.1, -0.05) is 29.8 Å². The maximum absolute atomic E-state index is 14.0. The molecule has 198 valence electrons. The number of hydrogen-bond acceptors (Lipinski definition) is 8. The van der Waals surface area contributed by atoms with Crippen molar-refractivity contribution >= 4 is 63.9 Å². The normalized spacial score (nSPS) is 14.4. The molecule has 2 aromatic carbocycles. The zero-order valence-electron chi connectivity index (χ0n) is 20.3. The van der Waals surface area contributed by atoms with Crippen molar-refractivity contribution in [2.75, 3.05) is 36.8 Å². The molecule has 38 heavy (non-hydrogen) atoms. The van der Waals surface area contributed by atoms with Crippen LogP contribution in [0.5, 0.6) is 11.5 Å². The van der Waals surface area contributed by atoms with Crippen molar-refractivity contribution in [3.05, 3.63) is 69.9 Å². The van der Waals surface area contributed by atoms with Gasteiger partial charge < -0.3 is 30.1 Å². The highest BCUT2D eigenvalue weighted by Gasteiger charge is 2.31. The molecule has 1 aliphatic rings. The summed E-state index contributed by atoms with van der Waals surface area (Å²) in [4.78, 5) is 21.8. The van der Waals surface area contributed by atoms with Gasteiger partial charge >= 0.3 is 0 Å². The minimum atomic E-state index is -1.25. The average Bonchev–Trinajstić information content (AvgIpc) is 2.90. The van der Waals surface area contributed by atoms with E-state index in [1.165, 1.54) is 31.4 Å². The fourth-order valence-corrected chi connectivity index (χ4v) is 4.51. The van der Waals surface area contributed by atoms with Gasteiger partial charge in [0.25, 0.3) is 0 Å². The van der Waals surface area contributed by atoms with Gasteiger partial charge in [0.1, 0.15) is 17.3 Å². The van der Waals surface area contributed by atoms with Crippen LogP contribution < -0.4 is 25.0 Å². The number of ether oxygens (including phenoxy) is 2. The lowest BCUT2D eigenvalue weighted by molar-refractivity contribution is -0.111. The van der Waals surface area contributed by atoms with Crippen LogP contribution in [-0.2, 0) is 4.79 Å². The molecule has 13 heteroatoms. The zero-order valence-corrected chi connectivity index (χ0v) is 21.8. The molecule has 3 N–H and O–H groups in total. The monoisotopic (exact) mass is 563 g/mol. The molecule has 0 radical (unpaired) electrons. The summed E-state index contributed by atoms with van der Waals surface area (Å²) in [5.41, 5.74) is 1.09. The number of aliphatic hydroxyl groups is 1. The number of hydrogen-bond donors (Lipinski definition) is 3. The molecule has 1 atom stereocenters. The van der Waals surface area contributed by atoms with Gasteiger partial charge in [0.05, 0.1) is 35.6 Å². The first-order valence-electron chi connectivity index (χ1n) is 10.9. The van der Waals surface area contributed by atoms with E-state index in [0.29, 0.717) is 34.0 Å². The summed E-state index contributed by atoms with van der Waals surface area (Å²) in [6, 6.07) is 3.21. The van der Waals surface area contributed by atoms with Gasteiger partial charge in [0, 0.05) is 48.1 Å². The Bertz CT molecular complexity index is 1460. The van der Waals surface area contributed by atoms with Crippen molar-refractivity contribution in [2.45, 2.75) is 6.23 Å². The Kier molecular flexibility index (Phi) is 7.72. The topological polar surface area (TPSA) is 109 Å². The number of methoxy groups -OCH3 is 2. The molecular weight excluding hydrogens is 543 g/mol. The minimum Gasteiger partial charge on any atom is -0.495 e. The van der Waals surface area contributed by atoms with E-state index in [4.69, 9.17) is 32.7 Å². The van der Waals surface area contributed by atoms with Crippen LogP contribution in [0.4, 0.5) is 31.9 Å². The number of fused-ring (bicyclic) bond motifs is 1. The second-order valence-corrected chi connectivity index (χ2v) is 8.73. The first-order chi connectivity index (χ1) is 18.1. The van der Waals surface area contributed by atoms with E-state index >= 15 is 0 Å². The zero-order chi connectivity index (χ0) is 27.7. The van der Waals surface area contributed by atoms with Crippen molar-refractivity contribution in [1.82, 2.24) is 9.97 Å². The van der Waals surface area contributed by atoms with Crippen LogP contribution in [0.1, 0.15) is 11.1 Å². The summed E-state index contributed by atoms with van der Waals surface area (Å²) in [5, 5.41) is 16.7. The molecule has 0 saturated carbocycles. The van der Waals surface area contributed by atoms with Gasteiger partial charge in [-0.15, -0.1) is 0 Å². The second kappa shape index (κ2) is 10.8. The summed E-state index contributed by atoms with van der Waals surface area (Å²) in [5.74, 6) is -2.05. The number of carbonyl (C=O) groups is 1. The molecule has 1 aromatic heterocycles. The molecule has 0 aliphatic carbocycles. The lowest BCUT2D eigenvalue weighted by Crippen LogP contribution is -2.36. The third kappa shape index (κ3) is 4.95. The first kappa shape index (κ1) is 27.1. The van der Waals surface area contributed by atoms with Crippen molar-refractivity contribution in [2.24, 2.45) is 0 Å². The van der Waals surface area contributed by atoms with E-state index in [1.54, 1.807) is 13.1 Å². The van der Waals surface area contributed by atoms with Crippen LogP contribution in [0.3, 0.4) is 0 Å². The van der Waals surface area contributed by atoms with Gasteiger partial charge in [-0.05, 0) is 12.2 Å². The molecular formula is C25H21Cl2F2N5O4. The number of aliphatic hydroxyl groups excluding tert-OH is 1. The highest BCUT2D eigenvalue weighted by atomic mass is 35.5. The molecule has 9 nitrogen and oxygen atoms in total. The van der Waals surface area contributed by atoms with Gasteiger partial charge in [-0.2, -0.15) is 4.98 Å². The Morgan fingerprint density at radius 3 is 2.32 bits per heavy atom. The number of likely N-dealkylation sites (N-methyl/N-ethyl adjacent to an activating group) is 1. The summed E-state index contributed by atoms with van der Waals surface area (Å²) in [6.07, 6.45) is 2.80. The Labute approximate surface area is 226 Å². The number of nitrogens with zero attached hydrogens (tertiary/aromatic N) is 3. The van der Waals surface area contributed by atoms with Gasteiger partial charge in [-0.25, -0.2) is 13.8 Å². The maximum Gasteiger partial charge on any atom is 0.247 e. The molecule has 0 bridgehead atoms. The molecule has 1 unspecified atom stereocenters. The van der Waals surface area contributed by atoms with Gasteiger partial charge in [0.15, 0.2) is 17.9 Å². The summed E-state index contributed by atoms with van der Waals surface area (Å²) in [6.45, 7) is 3.34. The second-order valence-electron chi connectivity index (χ2n) is 7.97. The number of carbonyl (C=O) groups excluding carboxylic acids is 1. The molecule has 0 saturated heterocycles. The largest absolute Gasteiger partial charge is 0.495 e. The van der Waals surface area contributed by atoms with Crippen LogP contribution in [-0.4, -0.2) is 48.5 Å². The van der Waals surface area contributed by atoms with Crippen molar-refractivity contribution < 1.29 is 28.2 Å². The van der Waals surface area contributed by atoms with E-state index in [1.807, 2.05) is 0 Å². The molecule has 1 aliphatic heterocycles. The van der Waals surface area contributed by atoms with Crippen LogP contribution in [0.25, 0.3) is 11.6 Å². The van der Waals surface area contributed by atoms with E-state index in [0.717, 1.165) is 18.2 Å². The van der Waals surface area contributed by atoms with E-state index < -0.39 is 23.8 Å². The Morgan fingerprint density at radius 2 is 1.74 bits per heavy atom. The molecule has 1 amide bonds. The Morgan fingerprint density at radius 1 is 1.13 bits per heavy atom. The molecule has 2 heterocycles. The lowest BCUT2D eigenvalue weighted by Gasteiger charge is -2.33. The molecule has 3 aromatic rings. The van der Waals surface area contributed by atoms with Crippen LogP contribution in [0.15, 0.2) is 37.1 Å². The predicted molar refractivity (Wildman–Crippen MR) is 142 cm³/mol. The Hall–Kier alpha value is -3.93. The first-order valence-corrected chi connectivity index (χ1v) is 11.6. The lowest BCUT2D eigenvalue weighted by atomic mass is 9.97. The van der Waals surface area contributed by atoms with E-state index in [2.05, 4.69) is 27.2 Å². The van der Waals surface area contributed by atoms with Crippen LogP contribution in [0, 0.1) is 11.6 Å². The van der Waals surface area contributed by atoms with Crippen molar-refractivity contribution in [3.8, 4) is 11.5 Å². The Balaban J connectivity index is 1.77. The average molecular weight is 564 g/mol. The quantitative estimate of drug-likeness (QED) is 0.334. The number of aromatic nitrogens is 2. The number of anilines is 4. The van der Waals surface area contributed by atoms with Crippen molar-refractivity contribution in [1.29, 1.82) is 0 Å². The van der Waals surface area contributed by atoms with Gasteiger partial charge in [0.2, 0.25) is 11.9 Å². The standard InChI is InChI=1S/C25H21Cl2F2N5O4/c1-5-19(35)31-15-7-13(28)14(29)8-16(15)32-25-30-10-11-6-12(24(36)34(2)23(11)33-25)20-21(26)17(37-3)9-18(38-4)22(20)27/h5-10,24,36H,1H2,2-4H3,(H,31,35)(H,30,32,33). The minimum absolute atomic E-state index is 0.00340. The number of nitrogens with one attached hydrogen (secondary N) is 2. The van der Waals surface area contributed by atoms with E-state index in [-0.39, 0.29) is 27.4 Å². The smallest absolute Gasteiger partial charge is 0.247 e. The SMILES string of the molecule is C=CC(=O)Nc1cc(F)c(F)cc1Nc1ncc2c(n1)N(C)C(O)C(c1c(Cl)c(OC)cc(OC)c1Cl)=C2. The summed E-state index contributed by atoms with van der Waals surface area (Å²) >= 11 is 13.1. The predicted octanol–water partition coefficient (Wildman–Crippen LogP) is 5.26. The highest BCUT2D eigenvalue weighted by Crippen LogP contribution is 2.47. The third-order valence-electron chi connectivity index (χ3n) is 5.70. The number of halogens is 4. The number of rotatable bonds is 7. The highest BCUT2D eigenvalue weighted by molar-refractivity contribution is 6.40. The molecule has 0 spiro atoms. The van der Waals surface area contributed by atoms with Crippen molar-refractivity contribution in [3.63, 3.8) is 0 Å². The maximum atomic E-state index is 14.0. The fourth-order valence-electron chi connectivity index (χ4n) is 3.79. The molecule has 4 rings (SSSR count). The molecule has 0 fully saturated rings. The van der Waals surface area contributed by atoms with Crippen LogP contribution >= 0.6 is 23.2 Å². The number of benzene rings is 2. The van der Waals surface area contributed by atoms with Crippen LogP contribution in [0.2, 0.25) is 10.0 Å². The van der Waals surface area contributed by atoms with E-state index in [9.17, 15) is 18.7 Å². The summed E-state index contributed by atoms with van der Waals surface area (Å²) in [7, 11) is 4.46. The fraction of sp³-hybridized carbons (Fsp3) is 0.160. The third-order valence-corrected chi connectivity index (χ3v) is 6.45. The summed E-state index contributed by atoms with van der Waals surface area (Å²) < 4.78 is 38.4. The number of amides is 1.